The predicted molar refractivity (Wildman–Crippen MR) is 49.6 cm³/mol. The third-order valence-corrected chi connectivity index (χ3v) is 1.86. The standard InChI is InChI=1S/C8H14N4O/c1-2-8-10-4-6-12(8)5-3-7(9)11-13/h4,6,13H,2-3,5H2,1H3,(H2,9,11). The summed E-state index contributed by atoms with van der Waals surface area (Å²) in [6.45, 7) is 2.75. The minimum atomic E-state index is 0.246. The predicted octanol–water partition coefficient (Wildman–Crippen LogP) is 0.582. The first-order chi connectivity index (χ1) is 6.27. The highest BCUT2D eigenvalue weighted by molar-refractivity contribution is 5.79. The second-order valence-corrected chi connectivity index (χ2v) is 2.73. The van der Waals surface area contributed by atoms with Crippen LogP contribution in [0.2, 0.25) is 0 Å². The van der Waals surface area contributed by atoms with Gasteiger partial charge in [-0.3, -0.25) is 0 Å². The zero-order valence-corrected chi connectivity index (χ0v) is 7.64. The molecule has 0 unspecified atom stereocenters. The first kappa shape index (κ1) is 9.57. The molecule has 5 nitrogen and oxygen atoms in total. The quantitative estimate of drug-likeness (QED) is 0.309. The van der Waals surface area contributed by atoms with Gasteiger partial charge in [0.2, 0.25) is 0 Å². The van der Waals surface area contributed by atoms with Gasteiger partial charge in [0.15, 0.2) is 0 Å². The highest BCUT2D eigenvalue weighted by Crippen LogP contribution is 1.99. The summed E-state index contributed by atoms with van der Waals surface area (Å²) in [5.41, 5.74) is 5.35. The van der Waals surface area contributed by atoms with E-state index in [9.17, 15) is 0 Å². The van der Waals surface area contributed by atoms with Crippen molar-refractivity contribution in [2.24, 2.45) is 10.9 Å². The van der Waals surface area contributed by atoms with E-state index in [1.165, 1.54) is 0 Å². The Bertz CT molecular complexity index is 292. The highest BCUT2D eigenvalue weighted by Gasteiger charge is 2.00. The van der Waals surface area contributed by atoms with Gasteiger partial charge in [0.25, 0.3) is 0 Å². The molecule has 0 amide bonds. The molecule has 0 aromatic carbocycles. The Balaban J connectivity index is 2.54. The van der Waals surface area contributed by atoms with Crippen molar-refractivity contribution in [1.29, 1.82) is 0 Å². The number of aromatic nitrogens is 2. The van der Waals surface area contributed by atoms with Gasteiger partial charge < -0.3 is 15.5 Å². The second kappa shape index (κ2) is 4.49. The van der Waals surface area contributed by atoms with Crippen LogP contribution in [-0.2, 0) is 13.0 Å². The zero-order chi connectivity index (χ0) is 9.68. The van der Waals surface area contributed by atoms with Gasteiger partial charge in [-0.05, 0) is 0 Å². The number of hydrogen-bond donors (Lipinski definition) is 2. The van der Waals surface area contributed by atoms with Crippen LogP contribution in [0.5, 0.6) is 0 Å². The van der Waals surface area contributed by atoms with Gasteiger partial charge in [-0.15, -0.1) is 0 Å². The summed E-state index contributed by atoms with van der Waals surface area (Å²) in [6, 6.07) is 0. The highest BCUT2D eigenvalue weighted by atomic mass is 16.4. The van der Waals surface area contributed by atoms with Crippen LogP contribution < -0.4 is 5.73 Å². The molecule has 0 saturated heterocycles. The van der Waals surface area contributed by atoms with Gasteiger partial charge in [-0.25, -0.2) is 4.98 Å². The fourth-order valence-corrected chi connectivity index (χ4v) is 1.14. The molecule has 0 atom stereocenters. The lowest BCUT2D eigenvalue weighted by atomic mass is 10.3. The van der Waals surface area contributed by atoms with Gasteiger partial charge >= 0.3 is 0 Å². The van der Waals surface area contributed by atoms with Crippen molar-refractivity contribution >= 4 is 5.84 Å². The van der Waals surface area contributed by atoms with E-state index in [1.54, 1.807) is 6.20 Å². The normalized spacial score (nSPS) is 11.9. The summed E-state index contributed by atoms with van der Waals surface area (Å²) >= 11 is 0. The van der Waals surface area contributed by atoms with Crippen molar-refractivity contribution in [3.63, 3.8) is 0 Å². The van der Waals surface area contributed by atoms with Crippen LogP contribution >= 0.6 is 0 Å². The SMILES string of the molecule is CCc1nccn1CC/C(N)=N/O. The Kier molecular flexibility index (Phi) is 3.31. The number of hydrogen-bond acceptors (Lipinski definition) is 3. The molecular formula is C8H14N4O. The minimum Gasteiger partial charge on any atom is -0.409 e. The number of nitrogens with two attached hydrogens (primary N) is 1. The first-order valence-corrected chi connectivity index (χ1v) is 4.24. The Morgan fingerprint density at radius 1 is 1.77 bits per heavy atom. The molecule has 0 aliphatic heterocycles. The van der Waals surface area contributed by atoms with Crippen LogP contribution in [0.3, 0.4) is 0 Å². The topological polar surface area (TPSA) is 76.4 Å². The van der Waals surface area contributed by atoms with Crippen LogP contribution in [0.1, 0.15) is 19.2 Å². The molecule has 0 saturated carbocycles. The monoisotopic (exact) mass is 182 g/mol. The van der Waals surface area contributed by atoms with Gasteiger partial charge in [-0.2, -0.15) is 0 Å². The van der Waals surface area contributed by atoms with Crippen molar-refractivity contribution in [3.8, 4) is 0 Å². The minimum absolute atomic E-state index is 0.246. The van der Waals surface area contributed by atoms with Crippen molar-refractivity contribution in [3.05, 3.63) is 18.2 Å². The van der Waals surface area contributed by atoms with Crippen molar-refractivity contribution in [2.45, 2.75) is 26.3 Å². The van der Waals surface area contributed by atoms with E-state index in [0.717, 1.165) is 12.2 Å². The molecule has 0 aliphatic carbocycles. The molecular weight excluding hydrogens is 168 g/mol. The maximum atomic E-state index is 8.33. The number of amidine groups is 1. The van der Waals surface area contributed by atoms with Crippen LogP contribution in [0.4, 0.5) is 0 Å². The molecule has 0 bridgehead atoms. The molecule has 1 aromatic heterocycles. The lowest BCUT2D eigenvalue weighted by Crippen LogP contribution is -2.15. The number of rotatable bonds is 4. The summed E-state index contributed by atoms with van der Waals surface area (Å²) in [7, 11) is 0. The van der Waals surface area contributed by atoms with Crippen molar-refractivity contribution in [1.82, 2.24) is 9.55 Å². The molecule has 0 fully saturated rings. The summed E-state index contributed by atoms with van der Waals surface area (Å²) in [6.07, 6.45) is 5.08. The Labute approximate surface area is 76.9 Å². The Morgan fingerprint density at radius 3 is 3.15 bits per heavy atom. The fourth-order valence-electron chi connectivity index (χ4n) is 1.14. The molecule has 5 heteroatoms. The van der Waals surface area contributed by atoms with Crippen molar-refractivity contribution < 1.29 is 5.21 Å². The van der Waals surface area contributed by atoms with Gasteiger partial charge in [-0.1, -0.05) is 12.1 Å². The smallest absolute Gasteiger partial charge is 0.140 e. The fraction of sp³-hybridized carbons (Fsp3) is 0.500. The van der Waals surface area contributed by atoms with E-state index >= 15 is 0 Å². The average molecular weight is 182 g/mol. The molecule has 13 heavy (non-hydrogen) atoms. The van der Waals surface area contributed by atoms with Crippen LogP contribution in [0, 0.1) is 0 Å². The van der Waals surface area contributed by atoms with E-state index in [-0.39, 0.29) is 5.84 Å². The summed E-state index contributed by atoms with van der Waals surface area (Å²) < 4.78 is 2.00. The first-order valence-electron chi connectivity index (χ1n) is 4.24. The van der Waals surface area contributed by atoms with Crippen LogP contribution in [-0.4, -0.2) is 20.6 Å². The van der Waals surface area contributed by atoms with E-state index in [4.69, 9.17) is 10.9 Å². The number of nitrogens with zero attached hydrogens (tertiary/aromatic N) is 3. The van der Waals surface area contributed by atoms with Crippen LogP contribution in [0.25, 0.3) is 0 Å². The second-order valence-electron chi connectivity index (χ2n) is 2.73. The third-order valence-electron chi connectivity index (χ3n) is 1.86. The molecule has 3 N–H and O–H groups in total. The van der Waals surface area contributed by atoms with Gasteiger partial charge in [0.05, 0.1) is 0 Å². The lowest BCUT2D eigenvalue weighted by molar-refractivity contribution is 0.316. The maximum Gasteiger partial charge on any atom is 0.140 e. The van der Waals surface area contributed by atoms with Gasteiger partial charge in [0, 0.05) is 31.8 Å². The molecule has 1 heterocycles. The molecule has 0 aliphatic rings. The summed E-state index contributed by atoms with van der Waals surface area (Å²) in [5, 5.41) is 11.2. The number of aryl methyl sites for hydroxylation is 2. The summed E-state index contributed by atoms with van der Waals surface area (Å²) in [5.74, 6) is 1.27. The van der Waals surface area contributed by atoms with E-state index < -0.39 is 0 Å². The Morgan fingerprint density at radius 2 is 2.54 bits per heavy atom. The molecule has 0 spiro atoms. The zero-order valence-electron chi connectivity index (χ0n) is 7.64. The van der Waals surface area contributed by atoms with E-state index in [1.807, 2.05) is 17.7 Å². The number of imidazole rings is 1. The van der Waals surface area contributed by atoms with E-state index in [2.05, 4.69) is 10.1 Å². The molecule has 0 radical (unpaired) electrons. The maximum absolute atomic E-state index is 8.33. The Hall–Kier alpha value is -1.52. The molecule has 72 valence electrons. The van der Waals surface area contributed by atoms with Crippen molar-refractivity contribution in [2.75, 3.05) is 0 Å². The van der Waals surface area contributed by atoms with Gasteiger partial charge in [0.1, 0.15) is 11.7 Å². The lowest BCUT2D eigenvalue weighted by Gasteiger charge is -2.04. The third kappa shape index (κ3) is 2.47. The van der Waals surface area contributed by atoms with E-state index in [0.29, 0.717) is 13.0 Å². The van der Waals surface area contributed by atoms with Crippen LogP contribution in [0.15, 0.2) is 17.5 Å². The summed E-state index contributed by atoms with van der Waals surface area (Å²) in [4.78, 5) is 4.16. The largest absolute Gasteiger partial charge is 0.409 e. The number of oxime groups is 1. The average Bonchev–Trinajstić information content (AvgIpc) is 2.61. The molecule has 1 aromatic rings. The molecule has 1 rings (SSSR count).